The zero-order chi connectivity index (χ0) is 10.9. The number of aliphatic imine (C=N–C) groups is 1. The second-order valence-electron chi connectivity index (χ2n) is 4.40. The fourth-order valence-corrected chi connectivity index (χ4v) is 2.17. The monoisotopic (exact) mass is 210 g/mol. The molecule has 0 saturated carbocycles. The van der Waals surface area contributed by atoms with Gasteiger partial charge in [-0.25, -0.2) is 0 Å². The molecule has 0 saturated heterocycles. The fourth-order valence-electron chi connectivity index (χ4n) is 2.17. The number of rotatable bonds is 8. The Morgan fingerprint density at radius 1 is 1.07 bits per heavy atom. The van der Waals surface area contributed by atoms with Crippen LogP contribution in [0.25, 0.3) is 0 Å². The second kappa shape index (κ2) is 7.72. The van der Waals surface area contributed by atoms with E-state index in [1.54, 1.807) is 0 Å². The number of nitrogens with zero attached hydrogens (tertiary/aromatic N) is 2. The highest BCUT2D eigenvalue weighted by Crippen LogP contribution is 2.11. The maximum atomic E-state index is 4.56. The third kappa shape index (κ3) is 4.67. The predicted molar refractivity (Wildman–Crippen MR) is 67.5 cm³/mol. The highest BCUT2D eigenvalue weighted by atomic mass is 15.2. The molecular weight excluding hydrogens is 184 g/mol. The van der Waals surface area contributed by atoms with Gasteiger partial charge in [-0.05, 0) is 13.3 Å². The Kier molecular flexibility index (Phi) is 6.45. The lowest BCUT2D eigenvalue weighted by Gasteiger charge is -2.17. The molecule has 0 aromatic carbocycles. The van der Waals surface area contributed by atoms with Crippen LogP contribution in [0, 0.1) is 0 Å². The van der Waals surface area contributed by atoms with Gasteiger partial charge in [0.1, 0.15) is 0 Å². The highest BCUT2D eigenvalue weighted by molar-refractivity contribution is 5.83. The SMILES string of the molecule is CCCCCCCCC1=NCCN1CC. The molecule has 0 unspecified atom stereocenters. The zero-order valence-corrected chi connectivity index (χ0v) is 10.5. The molecule has 0 aliphatic carbocycles. The summed E-state index contributed by atoms with van der Waals surface area (Å²) >= 11 is 0. The van der Waals surface area contributed by atoms with Crippen LogP contribution in [0.4, 0.5) is 0 Å². The first kappa shape index (κ1) is 12.5. The number of likely N-dealkylation sites (N-methyl/N-ethyl adjacent to an activating group) is 1. The van der Waals surface area contributed by atoms with E-state index in [9.17, 15) is 0 Å². The van der Waals surface area contributed by atoms with Gasteiger partial charge in [-0.2, -0.15) is 0 Å². The van der Waals surface area contributed by atoms with E-state index in [0.717, 1.165) is 19.6 Å². The fraction of sp³-hybridized carbons (Fsp3) is 0.923. The molecule has 1 aliphatic rings. The normalized spacial score (nSPS) is 15.9. The lowest BCUT2D eigenvalue weighted by atomic mass is 10.1. The van der Waals surface area contributed by atoms with Crippen molar-refractivity contribution in [2.45, 2.75) is 58.8 Å². The van der Waals surface area contributed by atoms with Gasteiger partial charge in [0.25, 0.3) is 0 Å². The number of hydrogen-bond donors (Lipinski definition) is 0. The summed E-state index contributed by atoms with van der Waals surface area (Å²) in [6.45, 7) is 7.81. The van der Waals surface area contributed by atoms with E-state index < -0.39 is 0 Å². The molecule has 15 heavy (non-hydrogen) atoms. The summed E-state index contributed by atoms with van der Waals surface area (Å²) in [7, 11) is 0. The van der Waals surface area contributed by atoms with Crippen LogP contribution in [0.2, 0.25) is 0 Å². The quantitative estimate of drug-likeness (QED) is 0.560. The Morgan fingerprint density at radius 2 is 1.80 bits per heavy atom. The summed E-state index contributed by atoms with van der Waals surface area (Å²) in [4.78, 5) is 6.99. The summed E-state index contributed by atoms with van der Waals surface area (Å²) in [5.41, 5.74) is 0. The number of unbranched alkanes of at least 4 members (excludes halogenated alkanes) is 5. The molecule has 1 rings (SSSR count). The first-order valence-electron chi connectivity index (χ1n) is 6.66. The first-order chi connectivity index (χ1) is 7.38. The van der Waals surface area contributed by atoms with Gasteiger partial charge >= 0.3 is 0 Å². The maximum absolute atomic E-state index is 4.56. The summed E-state index contributed by atoms with van der Waals surface area (Å²) in [6, 6.07) is 0. The summed E-state index contributed by atoms with van der Waals surface area (Å²) in [5.74, 6) is 1.37. The van der Waals surface area contributed by atoms with Crippen LogP contribution >= 0.6 is 0 Å². The molecular formula is C13H26N2. The lowest BCUT2D eigenvalue weighted by molar-refractivity contribution is 0.470. The topological polar surface area (TPSA) is 15.6 Å². The molecule has 0 spiro atoms. The van der Waals surface area contributed by atoms with E-state index in [-0.39, 0.29) is 0 Å². The average molecular weight is 210 g/mol. The van der Waals surface area contributed by atoms with Crippen molar-refractivity contribution in [3.63, 3.8) is 0 Å². The van der Waals surface area contributed by atoms with Gasteiger partial charge in [0.2, 0.25) is 0 Å². The third-order valence-electron chi connectivity index (χ3n) is 3.16. The van der Waals surface area contributed by atoms with Crippen LogP contribution in [-0.4, -0.2) is 30.4 Å². The number of hydrogen-bond acceptors (Lipinski definition) is 2. The second-order valence-corrected chi connectivity index (χ2v) is 4.40. The summed E-state index contributed by atoms with van der Waals surface area (Å²) in [6.07, 6.45) is 9.50. The molecule has 0 fully saturated rings. The van der Waals surface area contributed by atoms with E-state index in [2.05, 4.69) is 23.7 Å². The van der Waals surface area contributed by atoms with E-state index in [4.69, 9.17) is 0 Å². The minimum atomic E-state index is 1.03. The van der Waals surface area contributed by atoms with E-state index >= 15 is 0 Å². The molecule has 88 valence electrons. The zero-order valence-electron chi connectivity index (χ0n) is 10.5. The predicted octanol–water partition coefficient (Wildman–Crippen LogP) is 3.47. The Balaban J connectivity index is 2.00. The minimum Gasteiger partial charge on any atom is -0.359 e. The Hall–Kier alpha value is -0.530. The smallest absolute Gasteiger partial charge is 0.0990 e. The molecule has 0 aromatic heterocycles. The van der Waals surface area contributed by atoms with Gasteiger partial charge in [0, 0.05) is 19.5 Å². The van der Waals surface area contributed by atoms with Crippen molar-refractivity contribution in [1.29, 1.82) is 0 Å². The van der Waals surface area contributed by atoms with Crippen molar-refractivity contribution in [3.05, 3.63) is 0 Å². The largest absolute Gasteiger partial charge is 0.359 e. The molecule has 0 radical (unpaired) electrons. The van der Waals surface area contributed by atoms with Gasteiger partial charge in [0.15, 0.2) is 0 Å². The van der Waals surface area contributed by atoms with E-state index in [1.165, 1.54) is 50.8 Å². The first-order valence-corrected chi connectivity index (χ1v) is 6.66. The van der Waals surface area contributed by atoms with Crippen molar-refractivity contribution < 1.29 is 0 Å². The van der Waals surface area contributed by atoms with Crippen LogP contribution in [-0.2, 0) is 0 Å². The maximum Gasteiger partial charge on any atom is 0.0990 e. The molecule has 0 amide bonds. The molecule has 0 aromatic rings. The van der Waals surface area contributed by atoms with E-state index in [1.807, 2.05) is 0 Å². The van der Waals surface area contributed by atoms with Gasteiger partial charge in [-0.15, -0.1) is 0 Å². The number of amidine groups is 1. The van der Waals surface area contributed by atoms with E-state index in [0.29, 0.717) is 0 Å². The Morgan fingerprint density at radius 3 is 2.53 bits per heavy atom. The van der Waals surface area contributed by atoms with Crippen LogP contribution < -0.4 is 0 Å². The molecule has 2 heteroatoms. The van der Waals surface area contributed by atoms with Gasteiger partial charge in [-0.1, -0.05) is 39.0 Å². The van der Waals surface area contributed by atoms with Gasteiger partial charge in [-0.3, -0.25) is 4.99 Å². The molecule has 0 bridgehead atoms. The molecule has 0 atom stereocenters. The van der Waals surface area contributed by atoms with Crippen LogP contribution in [0.15, 0.2) is 4.99 Å². The Labute approximate surface area is 94.8 Å². The highest BCUT2D eigenvalue weighted by Gasteiger charge is 2.13. The van der Waals surface area contributed by atoms with Crippen molar-refractivity contribution in [2.75, 3.05) is 19.6 Å². The molecule has 1 heterocycles. The van der Waals surface area contributed by atoms with Crippen LogP contribution in [0.1, 0.15) is 58.8 Å². The third-order valence-corrected chi connectivity index (χ3v) is 3.16. The van der Waals surface area contributed by atoms with Crippen molar-refractivity contribution in [1.82, 2.24) is 4.90 Å². The average Bonchev–Trinajstić information content (AvgIpc) is 2.70. The Bertz CT molecular complexity index is 187. The van der Waals surface area contributed by atoms with Gasteiger partial charge in [0.05, 0.1) is 12.4 Å². The van der Waals surface area contributed by atoms with Crippen LogP contribution in [0.3, 0.4) is 0 Å². The molecule has 1 aliphatic heterocycles. The van der Waals surface area contributed by atoms with Crippen molar-refractivity contribution in [3.8, 4) is 0 Å². The van der Waals surface area contributed by atoms with Crippen molar-refractivity contribution in [2.24, 2.45) is 4.99 Å². The summed E-state index contributed by atoms with van der Waals surface area (Å²) < 4.78 is 0. The molecule has 0 N–H and O–H groups in total. The summed E-state index contributed by atoms with van der Waals surface area (Å²) in [5, 5.41) is 0. The lowest BCUT2D eigenvalue weighted by Crippen LogP contribution is -2.27. The van der Waals surface area contributed by atoms with Gasteiger partial charge < -0.3 is 4.90 Å². The van der Waals surface area contributed by atoms with Crippen LogP contribution in [0.5, 0.6) is 0 Å². The van der Waals surface area contributed by atoms with Crippen molar-refractivity contribution >= 4 is 5.84 Å². The standard InChI is InChI=1S/C13H26N2/c1-3-5-6-7-8-9-10-13-14-11-12-15(13)4-2/h3-12H2,1-2H3. The minimum absolute atomic E-state index is 1.03. The molecule has 2 nitrogen and oxygen atoms in total.